The molecule has 1 saturated carbocycles. The predicted molar refractivity (Wildman–Crippen MR) is 124 cm³/mol. The van der Waals surface area contributed by atoms with E-state index in [9.17, 15) is 4.79 Å². The highest BCUT2D eigenvalue weighted by Gasteiger charge is 2.37. The van der Waals surface area contributed by atoms with E-state index in [0.717, 1.165) is 47.5 Å². The van der Waals surface area contributed by atoms with Crippen LogP contribution in [0.4, 0.5) is 5.82 Å². The summed E-state index contributed by atoms with van der Waals surface area (Å²) in [5, 5.41) is 4.99. The molecule has 9 nitrogen and oxygen atoms in total. The zero-order chi connectivity index (χ0) is 23.1. The van der Waals surface area contributed by atoms with E-state index in [0.29, 0.717) is 24.8 Å². The third-order valence-electron chi connectivity index (χ3n) is 6.90. The van der Waals surface area contributed by atoms with Crippen molar-refractivity contribution < 1.29 is 14.3 Å². The molecule has 1 aliphatic carbocycles. The number of aromatic nitrogens is 4. The highest BCUT2D eigenvalue weighted by Crippen LogP contribution is 2.48. The number of nitrogens with two attached hydrogens (primary N) is 1. The van der Waals surface area contributed by atoms with E-state index in [4.69, 9.17) is 20.3 Å². The van der Waals surface area contributed by atoms with Crippen molar-refractivity contribution in [2.45, 2.75) is 37.1 Å². The van der Waals surface area contributed by atoms with Crippen LogP contribution < -0.4 is 15.2 Å². The summed E-state index contributed by atoms with van der Waals surface area (Å²) in [6.45, 7) is 4.90. The summed E-state index contributed by atoms with van der Waals surface area (Å²) in [4.78, 5) is 22.6. The number of amides is 1. The number of hydrogen-bond acceptors (Lipinski definition) is 7. The second-order valence-electron chi connectivity index (χ2n) is 8.73. The average Bonchev–Trinajstić information content (AvgIpc) is 3.43. The molecule has 1 amide bonds. The first-order valence-corrected chi connectivity index (χ1v) is 11.1. The molecule has 1 atom stereocenters. The molecule has 2 aromatic heterocycles. The summed E-state index contributed by atoms with van der Waals surface area (Å²) in [5.41, 5.74) is 9.94. The fourth-order valence-electron chi connectivity index (χ4n) is 5.00. The number of nitrogen functional groups attached to an aromatic ring is 1. The molecule has 1 aromatic carbocycles. The Morgan fingerprint density at radius 3 is 2.55 bits per heavy atom. The van der Waals surface area contributed by atoms with Gasteiger partial charge in [0.25, 0.3) is 0 Å². The van der Waals surface area contributed by atoms with Gasteiger partial charge in [-0.3, -0.25) is 9.48 Å². The van der Waals surface area contributed by atoms with Crippen LogP contribution in [0, 0.1) is 0 Å². The molecule has 2 N–H and O–H groups in total. The zero-order valence-corrected chi connectivity index (χ0v) is 18.9. The molecule has 9 heteroatoms. The van der Waals surface area contributed by atoms with Crippen molar-refractivity contribution >= 4 is 22.8 Å². The fraction of sp³-hybridized carbons (Fsp3) is 0.417. The Balaban J connectivity index is 1.42. The summed E-state index contributed by atoms with van der Waals surface area (Å²) in [5.74, 6) is 2.45. The van der Waals surface area contributed by atoms with Gasteiger partial charge in [0.15, 0.2) is 5.82 Å². The average molecular weight is 449 g/mol. The van der Waals surface area contributed by atoms with Crippen molar-refractivity contribution in [3.05, 3.63) is 48.4 Å². The number of carbonyl (C=O) groups is 1. The van der Waals surface area contributed by atoms with Gasteiger partial charge in [-0.2, -0.15) is 5.10 Å². The lowest BCUT2D eigenvalue weighted by Crippen LogP contribution is -2.27. The molecule has 172 valence electrons. The maximum atomic E-state index is 12.1. The number of benzene rings is 1. The molecule has 2 aliphatic rings. The summed E-state index contributed by atoms with van der Waals surface area (Å²) >= 11 is 0. The number of nitrogens with zero attached hydrogens (tertiary/aromatic N) is 5. The number of carbonyl (C=O) groups excluding carboxylic acids is 1. The molecule has 0 spiro atoms. The minimum absolute atomic E-state index is 0.0501. The summed E-state index contributed by atoms with van der Waals surface area (Å²) in [6.07, 6.45) is 5.54. The summed E-state index contributed by atoms with van der Waals surface area (Å²) < 4.78 is 12.9. The van der Waals surface area contributed by atoms with Crippen molar-refractivity contribution in [1.29, 1.82) is 0 Å². The van der Waals surface area contributed by atoms with E-state index < -0.39 is 0 Å². The van der Waals surface area contributed by atoms with Gasteiger partial charge in [0, 0.05) is 25.1 Å². The molecule has 3 heterocycles. The van der Waals surface area contributed by atoms with Crippen LogP contribution in [0.5, 0.6) is 11.5 Å². The number of ether oxygens (including phenoxy) is 2. The molecular weight excluding hydrogens is 420 g/mol. The van der Waals surface area contributed by atoms with Crippen molar-refractivity contribution in [1.82, 2.24) is 24.6 Å². The van der Waals surface area contributed by atoms with Gasteiger partial charge in [0.05, 0.1) is 26.0 Å². The third-order valence-corrected chi connectivity index (χ3v) is 6.90. The SMILES string of the molecule is C=CC(=O)N1CC[C@H](c2nn([C@H]3C[C@H](c4cc(OC)cc(OC)c4)C3)c3c(N)ncnc23)C1. The molecule has 2 fully saturated rings. The number of rotatable bonds is 6. The monoisotopic (exact) mass is 448 g/mol. The van der Waals surface area contributed by atoms with E-state index in [1.165, 1.54) is 18.0 Å². The highest BCUT2D eigenvalue weighted by atomic mass is 16.5. The van der Waals surface area contributed by atoms with Gasteiger partial charge >= 0.3 is 0 Å². The van der Waals surface area contributed by atoms with Crippen LogP contribution >= 0.6 is 0 Å². The second kappa shape index (κ2) is 8.38. The molecule has 33 heavy (non-hydrogen) atoms. The van der Waals surface area contributed by atoms with Crippen molar-refractivity contribution in [3.8, 4) is 11.5 Å². The van der Waals surface area contributed by atoms with Gasteiger partial charge < -0.3 is 20.1 Å². The highest BCUT2D eigenvalue weighted by molar-refractivity contribution is 5.88. The molecule has 5 rings (SSSR count). The Morgan fingerprint density at radius 1 is 1.15 bits per heavy atom. The van der Waals surface area contributed by atoms with E-state index in [-0.39, 0.29) is 17.9 Å². The van der Waals surface area contributed by atoms with Gasteiger partial charge in [-0.25, -0.2) is 9.97 Å². The Bertz CT molecular complexity index is 1190. The van der Waals surface area contributed by atoms with Crippen molar-refractivity contribution in [2.75, 3.05) is 33.0 Å². The zero-order valence-electron chi connectivity index (χ0n) is 18.9. The molecule has 3 aromatic rings. The van der Waals surface area contributed by atoms with Gasteiger partial charge in [-0.05, 0) is 49.0 Å². The van der Waals surface area contributed by atoms with Crippen LogP contribution in [-0.4, -0.2) is 57.9 Å². The lowest BCUT2D eigenvalue weighted by molar-refractivity contribution is -0.125. The number of likely N-dealkylation sites (tertiary alicyclic amines) is 1. The maximum Gasteiger partial charge on any atom is 0.245 e. The van der Waals surface area contributed by atoms with E-state index in [2.05, 4.69) is 28.7 Å². The lowest BCUT2D eigenvalue weighted by Gasteiger charge is -2.36. The fourth-order valence-corrected chi connectivity index (χ4v) is 5.00. The Labute approximate surface area is 192 Å². The predicted octanol–water partition coefficient (Wildman–Crippen LogP) is 3.05. The molecule has 1 aliphatic heterocycles. The van der Waals surface area contributed by atoms with Gasteiger partial charge in [-0.15, -0.1) is 0 Å². The second-order valence-corrected chi connectivity index (χ2v) is 8.73. The van der Waals surface area contributed by atoms with Gasteiger partial charge in [0.2, 0.25) is 5.91 Å². The number of hydrogen-bond donors (Lipinski definition) is 1. The minimum Gasteiger partial charge on any atom is -0.497 e. The molecule has 1 saturated heterocycles. The Kier molecular flexibility index (Phi) is 5.39. The van der Waals surface area contributed by atoms with E-state index >= 15 is 0 Å². The molecule has 0 bridgehead atoms. The van der Waals surface area contributed by atoms with E-state index in [1.807, 2.05) is 15.6 Å². The van der Waals surface area contributed by atoms with Crippen LogP contribution in [0.1, 0.15) is 48.4 Å². The minimum atomic E-state index is -0.0501. The maximum absolute atomic E-state index is 12.1. The molecule has 0 unspecified atom stereocenters. The smallest absolute Gasteiger partial charge is 0.245 e. The first-order valence-electron chi connectivity index (χ1n) is 11.1. The summed E-state index contributed by atoms with van der Waals surface area (Å²) in [7, 11) is 3.32. The quantitative estimate of drug-likeness (QED) is 0.577. The van der Waals surface area contributed by atoms with Gasteiger partial charge in [-0.1, -0.05) is 6.58 Å². The van der Waals surface area contributed by atoms with Crippen molar-refractivity contribution in [2.24, 2.45) is 0 Å². The van der Waals surface area contributed by atoms with Crippen LogP contribution in [0.3, 0.4) is 0 Å². The largest absolute Gasteiger partial charge is 0.497 e. The Morgan fingerprint density at radius 2 is 1.88 bits per heavy atom. The normalized spacial score (nSPS) is 22.2. The molecule has 0 radical (unpaired) electrons. The van der Waals surface area contributed by atoms with Crippen LogP contribution in [0.2, 0.25) is 0 Å². The standard InChI is InChI=1S/C24H28N6O3/c1-4-20(31)29-6-5-14(12-29)21-22-23(24(25)27-13-26-22)30(28-21)17-7-15(8-17)16-9-18(32-2)11-19(10-16)33-3/h4,9-11,13-15,17H,1,5-8,12H2,2-3H3,(H2,25,26,27)/t14-,15-,17-/m0/s1. The number of anilines is 1. The summed E-state index contributed by atoms with van der Waals surface area (Å²) in [6, 6.07) is 6.21. The van der Waals surface area contributed by atoms with Crippen LogP contribution in [0.15, 0.2) is 37.2 Å². The van der Waals surface area contributed by atoms with Crippen LogP contribution in [0.25, 0.3) is 11.0 Å². The van der Waals surface area contributed by atoms with Gasteiger partial charge in [0.1, 0.15) is 28.9 Å². The topological polar surface area (TPSA) is 108 Å². The van der Waals surface area contributed by atoms with Crippen molar-refractivity contribution in [3.63, 3.8) is 0 Å². The molecular formula is C24H28N6O3. The van der Waals surface area contributed by atoms with Crippen LogP contribution in [-0.2, 0) is 4.79 Å². The number of fused-ring (bicyclic) bond motifs is 1. The first-order chi connectivity index (χ1) is 16.0. The van der Waals surface area contributed by atoms with E-state index in [1.54, 1.807) is 14.2 Å². The Hall–Kier alpha value is -3.62. The number of methoxy groups -OCH3 is 2. The lowest BCUT2D eigenvalue weighted by atomic mass is 9.75. The third kappa shape index (κ3) is 3.67. The first kappa shape index (κ1) is 21.2.